The molecule has 0 bridgehead atoms. The van der Waals surface area contributed by atoms with Gasteiger partial charge in [-0.3, -0.25) is 9.59 Å². The third kappa shape index (κ3) is 4.27. The third-order valence-corrected chi connectivity index (χ3v) is 4.85. The molecule has 1 N–H and O–H groups in total. The van der Waals surface area contributed by atoms with Crippen molar-refractivity contribution in [3.63, 3.8) is 0 Å². The first-order valence-electron chi connectivity index (χ1n) is 9.82. The monoisotopic (exact) mass is 398 g/mol. The average molecular weight is 398 g/mol. The number of benzene rings is 2. The van der Waals surface area contributed by atoms with Gasteiger partial charge in [-0.15, -0.1) is 0 Å². The maximum Gasteiger partial charge on any atom is 0.225 e. The van der Waals surface area contributed by atoms with E-state index < -0.39 is 0 Å². The number of hydrogen-bond acceptors (Lipinski definition) is 4. The highest BCUT2D eigenvalue weighted by Crippen LogP contribution is 2.19. The summed E-state index contributed by atoms with van der Waals surface area (Å²) in [6.45, 7) is 3.82. The van der Waals surface area contributed by atoms with Crippen LogP contribution >= 0.6 is 0 Å². The normalized spacial score (nSPS) is 10.9. The van der Waals surface area contributed by atoms with E-state index in [1.807, 2.05) is 62.4 Å². The van der Waals surface area contributed by atoms with Crippen LogP contribution in [-0.4, -0.2) is 26.5 Å². The molecule has 0 aliphatic heterocycles. The number of carbonyl (C=O) groups excluding carboxylic acids is 2. The van der Waals surface area contributed by atoms with Crippen molar-refractivity contribution in [2.45, 2.75) is 26.7 Å². The number of para-hydroxylation sites is 1. The van der Waals surface area contributed by atoms with E-state index >= 15 is 0 Å². The summed E-state index contributed by atoms with van der Waals surface area (Å²) < 4.78 is 1.61. The number of amides is 1. The Morgan fingerprint density at radius 2 is 1.70 bits per heavy atom. The molecular weight excluding hydrogens is 376 g/mol. The Kier molecular flexibility index (Phi) is 5.39. The summed E-state index contributed by atoms with van der Waals surface area (Å²) in [5, 5.41) is 8.36. The van der Waals surface area contributed by atoms with Crippen LogP contribution in [0.4, 0.5) is 5.82 Å². The first kappa shape index (κ1) is 19.5. The molecule has 0 saturated carbocycles. The van der Waals surface area contributed by atoms with Crippen molar-refractivity contribution < 1.29 is 9.59 Å². The number of aryl methyl sites for hydroxylation is 2. The number of fused-ring (bicyclic) bond motifs is 1. The maximum absolute atomic E-state index is 12.5. The van der Waals surface area contributed by atoms with Crippen LogP contribution in [0.2, 0.25) is 0 Å². The number of ketones is 1. The molecular formula is C24H22N4O2. The van der Waals surface area contributed by atoms with Gasteiger partial charge in [0.2, 0.25) is 5.91 Å². The number of nitrogens with zero attached hydrogens (tertiary/aromatic N) is 3. The van der Waals surface area contributed by atoms with Gasteiger partial charge in [0.15, 0.2) is 11.6 Å². The topological polar surface area (TPSA) is 76.9 Å². The van der Waals surface area contributed by atoms with Gasteiger partial charge in [-0.1, -0.05) is 48.0 Å². The summed E-state index contributed by atoms with van der Waals surface area (Å²) in [7, 11) is 0. The van der Waals surface area contributed by atoms with E-state index in [1.165, 1.54) is 0 Å². The number of aromatic nitrogens is 3. The molecule has 0 fully saturated rings. The van der Waals surface area contributed by atoms with Crippen LogP contribution in [0, 0.1) is 13.8 Å². The largest absolute Gasteiger partial charge is 0.311 e. The number of hydrogen-bond donors (Lipinski definition) is 1. The van der Waals surface area contributed by atoms with E-state index in [0.717, 1.165) is 22.2 Å². The van der Waals surface area contributed by atoms with Gasteiger partial charge < -0.3 is 5.32 Å². The minimum atomic E-state index is -0.239. The number of carbonyl (C=O) groups is 2. The molecule has 6 heteroatoms. The number of Topliss-reactive ketones (excluding diaryl/α,β-unsaturated/α-hetero) is 1. The van der Waals surface area contributed by atoms with Crippen molar-refractivity contribution in [1.29, 1.82) is 0 Å². The van der Waals surface area contributed by atoms with Crippen LogP contribution < -0.4 is 5.32 Å². The Labute approximate surface area is 174 Å². The summed E-state index contributed by atoms with van der Waals surface area (Å²) in [5.41, 5.74) is 3.32. The standard InChI is InChI=1S/C24H22N4O2/c1-16-7-9-19(10-8-16)21(29)12-14-24(30)26-23-15-17(2)27-28(23)22-13-11-18-5-3-4-6-20(18)25-22/h3-11,13,15H,12,14H2,1-2H3,(H,26,30). The molecule has 4 aromatic rings. The molecule has 30 heavy (non-hydrogen) atoms. The molecule has 0 aliphatic rings. The third-order valence-electron chi connectivity index (χ3n) is 4.85. The molecule has 1 amide bonds. The van der Waals surface area contributed by atoms with Gasteiger partial charge >= 0.3 is 0 Å². The SMILES string of the molecule is Cc1ccc(C(=O)CCC(=O)Nc2cc(C)nn2-c2ccc3ccccc3n2)cc1. The molecule has 0 atom stereocenters. The molecule has 6 nitrogen and oxygen atoms in total. The van der Waals surface area contributed by atoms with E-state index in [9.17, 15) is 9.59 Å². The Hall–Kier alpha value is -3.80. The lowest BCUT2D eigenvalue weighted by atomic mass is 10.1. The van der Waals surface area contributed by atoms with Gasteiger partial charge in [-0.25, -0.2) is 4.98 Å². The fraction of sp³-hybridized carbons (Fsp3) is 0.167. The zero-order valence-corrected chi connectivity index (χ0v) is 16.9. The van der Waals surface area contributed by atoms with Crippen LogP contribution in [0.25, 0.3) is 16.7 Å². The molecule has 0 radical (unpaired) electrons. The first-order chi connectivity index (χ1) is 14.5. The summed E-state index contributed by atoms with van der Waals surface area (Å²) in [4.78, 5) is 29.4. The van der Waals surface area contributed by atoms with Gasteiger partial charge in [0, 0.05) is 29.9 Å². The van der Waals surface area contributed by atoms with E-state index in [4.69, 9.17) is 0 Å². The molecule has 0 unspecified atom stereocenters. The lowest BCUT2D eigenvalue weighted by Crippen LogP contribution is -2.16. The predicted molar refractivity (Wildman–Crippen MR) is 117 cm³/mol. The van der Waals surface area contributed by atoms with Crippen LogP contribution in [0.3, 0.4) is 0 Å². The van der Waals surface area contributed by atoms with Gasteiger partial charge in [0.1, 0.15) is 5.82 Å². The number of nitrogens with one attached hydrogen (secondary N) is 1. The second-order valence-corrected chi connectivity index (χ2v) is 7.28. The van der Waals surface area contributed by atoms with Crippen molar-refractivity contribution in [2.24, 2.45) is 0 Å². The Bertz CT molecular complexity index is 1230. The van der Waals surface area contributed by atoms with Crippen molar-refractivity contribution in [3.05, 3.63) is 83.6 Å². The molecule has 2 heterocycles. The Morgan fingerprint density at radius 3 is 2.50 bits per heavy atom. The molecule has 0 spiro atoms. The molecule has 0 aliphatic carbocycles. The lowest BCUT2D eigenvalue weighted by Gasteiger charge is -2.09. The minimum Gasteiger partial charge on any atom is -0.311 e. The number of anilines is 1. The van der Waals surface area contributed by atoms with Crippen LogP contribution in [-0.2, 0) is 4.79 Å². The quantitative estimate of drug-likeness (QED) is 0.480. The maximum atomic E-state index is 12.5. The highest BCUT2D eigenvalue weighted by molar-refractivity contribution is 5.99. The highest BCUT2D eigenvalue weighted by atomic mass is 16.2. The van der Waals surface area contributed by atoms with E-state index in [0.29, 0.717) is 17.2 Å². The Morgan fingerprint density at radius 1 is 0.933 bits per heavy atom. The molecule has 2 aromatic heterocycles. The average Bonchev–Trinajstić information content (AvgIpc) is 3.12. The molecule has 0 saturated heterocycles. The van der Waals surface area contributed by atoms with E-state index in [-0.39, 0.29) is 24.5 Å². The van der Waals surface area contributed by atoms with Gasteiger partial charge in [0.25, 0.3) is 0 Å². The van der Waals surface area contributed by atoms with Crippen LogP contribution in [0.15, 0.2) is 66.7 Å². The second-order valence-electron chi connectivity index (χ2n) is 7.28. The zero-order valence-electron chi connectivity index (χ0n) is 16.9. The first-order valence-corrected chi connectivity index (χ1v) is 9.82. The summed E-state index contributed by atoms with van der Waals surface area (Å²) in [5.74, 6) is 0.860. The molecule has 2 aromatic carbocycles. The van der Waals surface area contributed by atoms with Crippen molar-refractivity contribution >= 4 is 28.4 Å². The van der Waals surface area contributed by atoms with Crippen LogP contribution in [0.5, 0.6) is 0 Å². The van der Waals surface area contributed by atoms with Crippen molar-refractivity contribution in [1.82, 2.24) is 14.8 Å². The van der Waals surface area contributed by atoms with Gasteiger partial charge in [-0.05, 0) is 32.0 Å². The fourth-order valence-electron chi connectivity index (χ4n) is 3.25. The lowest BCUT2D eigenvalue weighted by molar-refractivity contribution is -0.116. The Balaban J connectivity index is 1.47. The van der Waals surface area contributed by atoms with Crippen molar-refractivity contribution in [3.8, 4) is 5.82 Å². The smallest absolute Gasteiger partial charge is 0.225 e. The summed E-state index contributed by atoms with van der Waals surface area (Å²) >= 11 is 0. The summed E-state index contributed by atoms with van der Waals surface area (Å²) in [6.07, 6.45) is 0.248. The van der Waals surface area contributed by atoms with E-state index in [1.54, 1.807) is 22.9 Å². The van der Waals surface area contributed by atoms with Gasteiger partial charge in [-0.2, -0.15) is 9.78 Å². The van der Waals surface area contributed by atoms with Gasteiger partial charge in [0.05, 0.1) is 11.2 Å². The minimum absolute atomic E-state index is 0.0500. The van der Waals surface area contributed by atoms with E-state index in [2.05, 4.69) is 15.4 Å². The van der Waals surface area contributed by atoms with Crippen molar-refractivity contribution in [2.75, 3.05) is 5.32 Å². The number of rotatable bonds is 6. The fourth-order valence-corrected chi connectivity index (χ4v) is 3.25. The predicted octanol–water partition coefficient (Wildman–Crippen LogP) is 4.64. The molecule has 150 valence electrons. The zero-order chi connectivity index (χ0) is 21.1. The highest BCUT2D eigenvalue weighted by Gasteiger charge is 2.14. The number of pyridine rings is 1. The second kappa shape index (κ2) is 8.29. The molecule has 4 rings (SSSR count). The summed E-state index contributed by atoms with van der Waals surface area (Å²) in [6, 6.07) is 20.8. The van der Waals surface area contributed by atoms with Crippen LogP contribution in [0.1, 0.15) is 34.5 Å².